The fourth-order valence-electron chi connectivity index (χ4n) is 2.01. The fourth-order valence-corrected chi connectivity index (χ4v) is 2.71. The van der Waals surface area contributed by atoms with E-state index < -0.39 is 10.1 Å². The highest BCUT2D eigenvalue weighted by atomic mass is 32.2. The van der Waals surface area contributed by atoms with Gasteiger partial charge in [-0.25, -0.2) is 0 Å². The monoisotopic (exact) mass is 218 g/mol. The minimum Gasteiger partial charge on any atom is -0.267 e. The first kappa shape index (κ1) is 11.7. The topological polar surface area (TPSA) is 43.4 Å². The molecule has 1 aliphatic rings. The second-order valence-corrected chi connectivity index (χ2v) is 5.51. The minimum absolute atomic E-state index is 0.128. The maximum absolute atomic E-state index is 11.0. The molecule has 1 fully saturated rings. The molecule has 0 aromatic carbocycles. The molecule has 2 atom stereocenters. The predicted octanol–water partition coefficient (Wildman–Crippen LogP) is 2.10. The van der Waals surface area contributed by atoms with Crippen molar-refractivity contribution in [3.05, 3.63) is 12.7 Å². The van der Waals surface area contributed by atoms with Crippen molar-refractivity contribution in [2.24, 2.45) is 5.92 Å². The van der Waals surface area contributed by atoms with Crippen LogP contribution >= 0.6 is 0 Å². The Kier molecular flexibility index (Phi) is 4.13. The molecular weight excluding hydrogens is 200 g/mol. The normalized spacial score (nSPS) is 28.6. The van der Waals surface area contributed by atoms with Gasteiger partial charge in [-0.15, -0.1) is 6.58 Å². The molecular formula is C10H18O3S. The predicted molar refractivity (Wildman–Crippen MR) is 56.5 cm³/mol. The summed E-state index contributed by atoms with van der Waals surface area (Å²) in [6, 6.07) is 0. The van der Waals surface area contributed by atoms with Crippen LogP contribution in [0.2, 0.25) is 0 Å². The van der Waals surface area contributed by atoms with Crippen LogP contribution in [0.4, 0.5) is 0 Å². The molecule has 0 heterocycles. The van der Waals surface area contributed by atoms with E-state index in [2.05, 4.69) is 6.58 Å². The van der Waals surface area contributed by atoms with E-state index in [1.54, 1.807) is 0 Å². The van der Waals surface area contributed by atoms with E-state index in [-0.39, 0.29) is 6.10 Å². The van der Waals surface area contributed by atoms with Gasteiger partial charge in [-0.05, 0) is 25.2 Å². The van der Waals surface area contributed by atoms with Gasteiger partial charge in [0.2, 0.25) is 0 Å². The quantitative estimate of drug-likeness (QED) is 0.536. The number of allylic oxidation sites excluding steroid dienone is 1. The first-order chi connectivity index (χ1) is 6.53. The smallest absolute Gasteiger partial charge is 0.264 e. The summed E-state index contributed by atoms with van der Waals surface area (Å²) in [6.45, 7) is 3.68. The van der Waals surface area contributed by atoms with E-state index in [1.807, 2.05) is 6.08 Å². The number of rotatable bonds is 4. The molecule has 0 radical (unpaired) electrons. The molecule has 0 amide bonds. The van der Waals surface area contributed by atoms with Crippen molar-refractivity contribution in [3.8, 4) is 0 Å². The van der Waals surface area contributed by atoms with Crippen LogP contribution in [0.15, 0.2) is 12.7 Å². The second kappa shape index (κ2) is 4.94. The van der Waals surface area contributed by atoms with E-state index >= 15 is 0 Å². The molecule has 1 aliphatic carbocycles. The van der Waals surface area contributed by atoms with Crippen LogP contribution in [0, 0.1) is 5.92 Å². The van der Waals surface area contributed by atoms with Crippen molar-refractivity contribution in [1.29, 1.82) is 0 Å². The Labute approximate surface area is 86.3 Å². The molecule has 0 aliphatic heterocycles. The van der Waals surface area contributed by atoms with Crippen LogP contribution in [0.1, 0.15) is 32.1 Å². The summed E-state index contributed by atoms with van der Waals surface area (Å²) in [4.78, 5) is 0. The van der Waals surface area contributed by atoms with Crippen molar-refractivity contribution in [3.63, 3.8) is 0 Å². The molecule has 3 nitrogen and oxygen atoms in total. The maximum atomic E-state index is 11.0. The standard InChI is InChI=1S/C10H18O3S/c1-3-6-9-7-4-5-8-10(9)13-14(2,11)12/h3,9-10H,1,4-8H2,2H3/t9-,10?/m0/s1. The summed E-state index contributed by atoms with van der Waals surface area (Å²) < 4.78 is 27.1. The molecule has 82 valence electrons. The van der Waals surface area contributed by atoms with Crippen LogP contribution in [0.25, 0.3) is 0 Å². The lowest BCUT2D eigenvalue weighted by Gasteiger charge is -2.29. The van der Waals surface area contributed by atoms with Crippen molar-refractivity contribution in [2.45, 2.75) is 38.2 Å². The minimum atomic E-state index is -3.31. The Hall–Kier alpha value is -0.350. The van der Waals surface area contributed by atoms with Crippen LogP contribution in [0.5, 0.6) is 0 Å². The summed E-state index contributed by atoms with van der Waals surface area (Å²) in [7, 11) is -3.31. The SMILES string of the molecule is C=CC[C@H]1CCCCC1OS(C)(=O)=O. The highest BCUT2D eigenvalue weighted by molar-refractivity contribution is 7.86. The van der Waals surface area contributed by atoms with Crippen molar-refractivity contribution in [2.75, 3.05) is 6.26 Å². The zero-order valence-corrected chi connectivity index (χ0v) is 9.42. The van der Waals surface area contributed by atoms with Crippen molar-refractivity contribution >= 4 is 10.1 Å². The van der Waals surface area contributed by atoms with Gasteiger partial charge < -0.3 is 0 Å². The Morgan fingerprint density at radius 1 is 1.43 bits per heavy atom. The van der Waals surface area contributed by atoms with E-state index in [0.29, 0.717) is 5.92 Å². The third-order valence-electron chi connectivity index (χ3n) is 2.61. The average molecular weight is 218 g/mol. The summed E-state index contributed by atoms with van der Waals surface area (Å²) in [5.74, 6) is 0.330. The average Bonchev–Trinajstić information content (AvgIpc) is 2.06. The molecule has 0 aromatic rings. The lowest BCUT2D eigenvalue weighted by molar-refractivity contribution is 0.102. The van der Waals surface area contributed by atoms with Gasteiger partial charge >= 0.3 is 0 Å². The highest BCUT2D eigenvalue weighted by Gasteiger charge is 2.27. The Morgan fingerprint density at radius 3 is 2.64 bits per heavy atom. The van der Waals surface area contributed by atoms with Gasteiger partial charge in [-0.1, -0.05) is 18.9 Å². The fraction of sp³-hybridized carbons (Fsp3) is 0.800. The lowest BCUT2D eigenvalue weighted by atomic mass is 9.84. The summed E-state index contributed by atoms with van der Waals surface area (Å²) in [5.41, 5.74) is 0. The lowest BCUT2D eigenvalue weighted by Crippen LogP contribution is -2.29. The van der Waals surface area contributed by atoms with Gasteiger partial charge in [-0.2, -0.15) is 8.42 Å². The van der Waals surface area contributed by atoms with Crippen molar-refractivity contribution in [1.82, 2.24) is 0 Å². The van der Waals surface area contributed by atoms with E-state index in [0.717, 1.165) is 31.9 Å². The molecule has 0 N–H and O–H groups in total. The summed E-state index contributed by atoms with van der Waals surface area (Å²) >= 11 is 0. The zero-order chi connectivity index (χ0) is 10.6. The van der Waals surface area contributed by atoms with Gasteiger partial charge in [-0.3, -0.25) is 4.18 Å². The molecule has 0 saturated heterocycles. The number of hydrogen-bond donors (Lipinski definition) is 0. The molecule has 14 heavy (non-hydrogen) atoms. The third kappa shape index (κ3) is 3.80. The van der Waals surface area contributed by atoms with Gasteiger partial charge in [0.25, 0.3) is 10.1 Å². The Bertz CT molecular complexity index is 282. The molecule has 0 bridgehead atoms. The molecule has 1 rings (SSSR count). The number of hydrogen-bond acceptors (Lipinski definition) is 3. The third-order valence-corrected chi connectivity index (χ3v) is 3.20. The zero-order valence-electron chi connectivity index (χ0n) is 8.61. The molecule has 1 saturated carbocycles. The molecule has 1 unspecified atom stereocenters. The van der Waals surface area contributed by atoms with Crippen LogP contribution in [-0.2, 0) is 14.3 Å². The highest BCUT2D eigenvalue weighted by Crippen LogP contribution is 2.30. The van der Waals surface area contributed by atoms with Gasteiger partial charge in [0.15, 0.2) is 0 Å². The molecule has 0 spiro atoms. The van der Waals surface area contributed by atoms with Gasteiger partial charge in [0, 0.05) is 0 Å². The van der Waals surface area contributed by atoms with Crippen molar-refractivity contribution < 1.29 is 12.6 Å². The Balaban J connectivity index is 2.58. The first-order valence-electron chi connectivity index (χ1n) is 5.02. The molecule has 0 aromatic heterocycles. The maximum Gasteiger partial charge on any atom is 0.264 e. The van der Waals surface area contributed by atoms with E-state index in [9.17, 15) is 8.42 Å². The van der Waals surface area contributed by atoms with Crippen LogP contribution in [0.3, 0.4) is 0 Å². The van der Waals surface area contributed by atoms with Gasteiger partial charge in [0.1, 0.15) is 0 Å². The van der Waals surface area contributed by atoms with E-state index in [1.165, 1.54) is 6.42 Å². The van der Waals surface area contributed by atoms with E-state index in [4.69, 9.17) is 4.18 Å². The van der Waals surface area contributed by atoms with Gasteiger partial charge in [0.05, 0.1) is 12.4 Å². The van der Waals surface area contributed by atoms with Crippen LogP contribution < -0.4 is 0 Å². The summed E-state index contributed by atoms with van der Waals surface area (Å²) in [5, 5.41) is 0. The Morgan fingerprint density at radius 2 is 2.07 bits per heavy atom. The summed E-state index contributed by atoms with van der Waals surface area (Å²) in [6.07, 6.45) is 7.81. The van der Waals surface area contributed by atoms with Crippen LogP contribution in [-0.4, -0.2) is 20.8 Å². The first-order valence-corrected chi connectivity index (χ1v) is 6.84. The largest absolute Gasteiger partial charge is 0.267 e. The molecule has 4 heteroatoms. The second-order valence-electron chi connectivity index (χ2n) is 3.91.